The van der Waals surface area contributed by atoms with Crippen LogP contribution < -0.4 is 4.74 Å². The molecule has 0 atom stereocenters. The van der Waals surface area contributed by atoms with E-state index >= 15 is 0 Å². The van der Waals surface area contributed by atoms with Crippen LogP contribution in [-0.2, 0) is 14.2 Å². The monoisotopic (exact) mass is 537 g/mol. The molecule has 180 valence electrons. The van der Waals surface area contributed by atoms with Crippen LogP contribution in [0.3, 0.4) is 0 Å². The van der Waals surface area contributed by atoms with E-state index in [4.69, 9.17) is 18.9 Å². The van der Waals surface area contributed by atoms with Gasteiger partial charge < -0.3 is 18.9 Å². The number of hydrogen-bond acceptors (Lipinski definition) is 7. The molecule has 0 bridgehead atoms. The molecule has 1 heterocycles. The van der Waals surface area contributed by atoms with Crippen LogP contribution in [0.2, 0.25) is 0 Å². The first-order valence-corrected chi connectivity index (χ1v) is 11.5. The van der Waals surface area contributed by atoms with Gasteiger partial charge in [-0.05, 0) is 42.5 Å². The molecule has 0 amide bonds. The number of nitrogens with zero attached hydrogens (tertiary/aromatic N) is 3. The van der Waals surface area contributed by atoms with Gasteiger partial charge in [0.2, 0.25) is 0 Å². The highest BCUT2D eigenvalue weighted by atomic mass is 79.9. The molecule has 3 aromatic rings. The van der Waals surface area contributed by atoms with Gasteiger partial charge in [-0.3, -0.25) is 9.36 Å². The summed E-state index contributed by atoms with van der Waals surface area (Å²) in [7, 11) is 3.12. The van der Waals surface area contributed by atoms with Gasteiger partial charge in [-0.2, -0.15) is 10.5 Å². The number of benzene rings is 2. The fourth-order valence-electron chi connectivity index (χ4n) is 3.46. The number of halogens is 1. The lowest BCUT2D eigenvalue weighted by molar-refractivity contribution is 0.0232. The largest absolute Gasteiger partial charge is 0.496 e. The van der Waals surface area contributed by atoms with Crippen molar-refractivity contribution in [1.82, 2.24) is 4.57 Å². The normalized spacial score (nSPS) is 11.3. The number of allylic oxidation sites excluding steroid dienone is 1. The number of carbonyl (C=O) groups excluding carboxylic acids is 1. The molecule has 0 aliphatic carbocycles. The number of rotatable bonds is 11. The first-order valence-electron chi connectivity index (χ1n) is 10.7. The summed E-state index contributed by atoms with van der Waals surface area (Å²) in [5.74, 6) is 0.251. The predicted octanol–water partition coefficient (Wildman–Crippen LogP) is 4.67. The van der Waals surface area contributed by atoms with Crippen molar-refractivity contribution < 1.29 is 23.7 Å². The van der Waals surface area contributed by atoms with Crippen LogP contribution in [0.1, 0.15) is 21.5 Å². The van der Waals surface area contributed by atoms with Gasteiger partial charge in [0.1, 0.15) is 12.4 Å². The molecule has 2 aromatic carbocycles. The zero-order chi connectivity index (χ0) is 25.2. The number of methoxy groups -OCH3 is 2. The zero-order valence-corrected chi connectivity index (χ0v) is 21.0. The predicted molar refractivity (Wildman–Crippen MR) is 135 cm³/mol. The summed E-state index contributed by atoms with van der Waals surface area (Å²) in [4.78, 5) is 13.0. The minimum absolute atomic E-state index is 0.142. The molecule has 35 heavy (non-hydrogen) atoms. The average Bonchev–Trinajstić information content (AvgIpc) is 3.25. The molecular weight excluding hydrogens is 514 g/mol. The van der Waals surface area contributed by atoms with Crippen molar-refractivity contribution in [2.75, 3.05) is 47.3 Å². The van der Waals surface area contributed by atoms with E-state index in [0.717, 1.165) is 9.86 Å². The van der Waals surface area contributed by atoms with Gasteiger partial charge in [0.25, 0.3) is 5.91 Å². The van der Waals surface area contributed by atoms with Crippen molar-refractivity contribution in [3.05, 3.63) is 63.8 Å². The molecule has 0 N–H and O–H groups in total. The lowest BCUT2D eigenvalue weighted by Gasteiger charge is -2.06. The van der Waals surface area contributed by atoms with Gasteiger partial charge in [-0.25, -0.2) is 0 Å². The number of carbonyl (C=O) groups is 1. The second kappa shape index (κ2) is 12.8. The van der Waals surface area contributed by atoms with Gasteiger partial charge in [0.05, 0.1) is 62.3 Å². The van der Waals surface area contributed by atoms with Crippen LogP contribution in [0.15, 0.2) is 47.1 Å². The topological polar surface area (TPSA) is 107 Å². The number of aromatic nitrogens is 1. The van der Waals surface area contributed by atoms with Crippen molar-refractivity contribution in [2.24, 2.45) is 0 Å². The summed E-state index contributed by atoms with van der Waals surface area (Å²) in [6.45, 7) is 1.43. The maximum absolute atomic E-state index is 13.0. The van der Waals surface area contributed by atoms with Crippen LogP contribution in [0.5, 0.6) is 5.75 Å². The molecule has 9 heteroatoms. The number of nitriles is 2. The quantitative estimate of drug-likeness (QED) is 0.258. The SMILES string of the molecule is COCCOCCOCC(=O)n1cc(C(C#N)=Cc2cc(C#N)ccc2OC)c2cc(Br)ccc21. The Kier molecular flexibility index (Phi) is 9.59. The first-order chi connectivity index (χ1) is 17.0. The van der Waals surface area contributed by atoms with Crippen LogP contribution in [0, 0.1) is 22.7 Å². The summed E-state index contributed by atoms with van der Waals surface area (Å²) in [6, 6.07) is 14.8. The highest BCUT2D eigenvalue weighted by Crippen LogP contribution is 2.32. The van der Waals surface area contributed by atoms with E-state index < -0.39 is 0 Å². The Hall–Kier alpha value is -3.47. The van der Waals surface area contributed by atoms with E-state index in [1.54, 1.807) is 43.6 Å². The highest BCUT2D eigenvalue weighted by molar-refractivity contribution is 9.10. The third-order valence-corrected chi connectivity index (χ3v) is 5.63. The minimum Gasteiger partial charge on any atom is -0.496 e. The summed E-state index contributed by atoms with van der Waals surface area (Å²) in [6.07, 6.45) is 3.28. The summed E-state index contributed by atoms with van der Waals surface area (Å²) in [5.41, 5.74) is 2.57. The second-order valence-electron chi connectivity index (χ2n) is 7.36. The highest BCUT2D eigenvalue weighted by Gasteiger charge is 2.18. The molecule has 0 saturated carbocycles. The minimum atomic E-state index is -0.276. The lowest BCUT2D eigenvalue weighted by Crippen LogP contribution is -2.18. The molecule has 0 aliphatic heterocycles. The van der Waals surface area contributed by atoms with Crippen LogP contribution >= 0.6 is 15.9 Å². The van der Waals surface area contributed by atoms with Crippen molar-refractivity contribution >= 4 is 44.4 Å². The van der Waals surface area contributed by atoms with Crippen molar-refractivity contribution in [3.63, 3.8) is 0 Å². The molecule has 0 saturated heterocycles. The summed E-state index contributed by atoms with van der Waals surface area (Å²) in [5, 5.41) is 20.0. The third kappa shape index (κ3) is 6.56. The molecule has 0 aliphatic rings. The maximum atomic E-state index is 13.0. The van der Waals surface area contributed by atoms with E-state index in [9.17, 15) is 15.3 Å². The maximum Gasteiger partial charge on any atom is 0.257 e. The molecule has 0 radical (unpaired) electrons. The van der Waals surface area contributed by atoms with Crippen molar-refractivity contribution in [3.8, 4) is 17.9 Å². The Bertz CT molecular complexity index is 1320. The fraction of sp³-hybridized carbons (Fsp3) is 0.269. The summed E-state index contributed by atoms with van der Waals surface area (Å²) >= 11 is 3.47. The second-order valence-corrected chi connectivity index (χ2v) is 8.28. The Labute approximate surface area is 212 Å². The Balaban J connectivity index is 1.93. The zero-order valence-electron chi connectivity index (χ0n) is 19.4. The Morgan fingerprint density at radius 2 is 1.83 bits per heavy atom. The van der Waals surface area contributed by atoms with Gasteiger partial charge in [0.15, 0.2) is 0 Å². The Morgan fingerprint density at radius 1 is 1.06 bits per heavy atom. The molecular formula is C26H24BrN3O5. The smallest absolute Gasteiger partial charge is 0.257 e. The first kappa shape index (κ1) is 26.1. The fourth-order valence-corrected chi connectivity index (χ4v) is 3.82. The number of fused-ring (bicyclic) bond motifs is 1. The lowest BCUT2D eigenvalue weighted by atomic mass is 10.0. The number of hydrogen-bond donors (Lipinski definition) is 0. The molecule has 0 unspecified atom stereocenters. The van der Waals surface area contributed by atoms with E-state index in [2.05, 4.69) is 28.1 Å². The van der Waals surface area contributed by atoms with Crippen LogP contribution in [0.25, 0.3) is 22.6 Å². The average molecular weight is 538 g/mol. The van der Waals surface area contributed by atoms with Gasteiger partial charge >= 0.3 is 0 Å². The molecule has 1 aromatic heterocycles. The van der Waals surface area contributed by atoms with E-state index in [1.165, 1.54) is 11.7 Å². The molecule has 0 spiro atoms. The third-order valence-electron chi connectivity index (χ3n) is 5.13. The number of ether oxygens (including phenoxy) is 4. The molecule has 8 nitrogen and oxygen atoms in total. The van der Waals surface area contributed by atoms with Crippen LogP contribution in [-0.4, -0.2) is 57.7 Å². The van der Waals surface area contributed by atoms with Crippen molar-refractivity contribution in [2.45, 2.75) is 0 Å². The summed E-state index contributed by atoms with van der Waals surface area (Å²) < 4.78 is 23.4. The Morgan fingerprint density at radius 3 is 2.54 bits per heavy atom. The van der Waals surface area contributed by atoms with Gasteiger partial charge in [0, 0.05) is 34.3 Å². The van der Waals surface area contributed by atoms with E-state index in [-0.39, 0.29) is 19.1 Å². The standard InChI is InChI=1S/C26H24BrN3O5/c1-32-7-8-34-9-10-35-17-26(31)30-16-23(22-13-21(27)4-5-24(22)30)20(15-29)12-19-11-18(14-28)3-6-25(19)33-2/h3-6,11-13,16H,7-10,17H2,1-2H3. The van der Waals surface area contributed by atoms with Crippen molar-refractivity contribution in [1.29, 1.82) is 10.5 Å². The van der Waals surface area contributed by atoms with Gasteiger partial charge in [-0.1, -0.05) is 15.9 Å². The van der Waals surface area contributed by atoms with Crippen LogP contribution in [0.4, 0.5) is 0 Å². The molecule has 0 fully saturated rings. The van der Waals surface area contributed by atoms with Gasteiger partial charge in [-0.15, -0.1) is 0 Å². The van der Waals surface area contributed by atoms with E-state index in [0.29, 0.717) is 53.4 Å². The molecule has 3 rings (SSSR count). The van der Waals surface area contributed by atoms with E-state index in [1.807, 2.05) is 12.1 Å².